The van der Waals surface area contributed by atoms with Gasteiger partial charge in [-0.25, -0.2) is 4.98 Å². The van der Waals surface area contributed by atoms with Gasteiger partial charge < -0.3 is 9.88 Å². The minimum absolute atomic E-state index is 0.112. The number of halogens is 2. The number of thiophene rings is 1. The second-order valence-electron chi connectivity index (χ2n) is 5.96. The molecule has 0 atom stereocenters. The summed E-state index contributed by atoms with van der Waals surface area (Å²) in [6.45, 7) is 0.788. The van der Waals surface area contributed by atoms with Crippen molar-refractivity contribution in [1.29, 1.82) is 0 Å². The van der Waals surface area contributed by atoms with E-state index in [9.17, 15) is 4.79 Å². The van der Waals surface area contributed by atoms with Gasteiger partial charge in [0.15, 0.2) is 0 Å². The Morgan fingerprint density at radius 1 is 1.04 bits per heavy atom. The molecule has 0 aliphatic carbocycles. The number of hydrogen-bond acceptors (Lipinski definition) is 3. The number of nitrogens with one attached hydrogen (secondary N) is 1. The molecule has 0 aliphatic rings. The zero-order chi connectivity index (χ0) is 18.8. The van der Waals surface area contributed by atoms with E-state index in [2.05, 4.69) is 10.3 Å². The smallest absolute Gasteiger partial charge is 0.261 e. The second-order valence-corrected chi connectivity index (χ2v) is 7.73. The van der Waals surface area contributed by atoms with Gasteiger partial charge >= 0.3 is 0 Å². The lowest BCUT2D eigenvalue weighted by Crippen LogP contribution is -2.24. The lowest BCUT2D eigenvalue weighted by Gasteiger charge is -2.12. The Morgan fingerprint density at radius 2 is 1.81 bits per heavy atom. The summed E-state index contributed by atoms with van der Waals surface area (Å²) < 4.78 is 2.04. The first-order chi connectivity index (χ1) is 13.1. The van der Waals surface area contributed by atoms with E-state index in [0.29, 0.717) is 28.0 Å². The summed E-state index contributed by atoms with van der Waals surface area (Å²) in [5.74, 6) is 0.636. The number of fused-ring (bicyclic) bond motifs is 1. The fraction of sp³-hybridized carbons (Fsp3) is 0.100. The normalized spacial score (nSPS) is 11.0. The van der Waals surface area contributed by atoms with Gasteiger partial charge in [-0.1, -0.05) is 47.5 Å². The Hall–Kier alpha value is -2.34. The van der Waals surface area contributed by atoms with Crippen LogP contribution in [0.25, 0.3) is 11.0 Å². The number of nitrogens with zero attached hydrogens (tertiary/aromatic N) is 2. The van der Waals surface area contributed by atoms with E-state index in [1.807, 2.05) is 58.5 Å². The first-order valence-corrected chi connectivity index (χ1v) is 9.96. The van der Waals surface area contributed by atoms with Gasteiger partial charge in [0.1, 0.15) is 5.82 Å². The van der Waals surface area contributed by atoms with E-state index < -0.39 is 0 Å². The van der Waals surface area contributed by atoms with Gasteiger partial charge in [-0.2, -0.15) is 0 Å². The molecule has 2 heterocycles. The molecule has 0 saturated heterocycles. The second kappa shape index (κ2) is 7.72. The van der Waals surface area contributed by atoms with Gasteiger partial charge in [0.25, 0.3) is 5.91 Å². The van der Waals surface area contributed by atoms with Crippen molar-refractivity contribution >= 4 is 51.5 Å². The number of hydrogen-bond donors (Lipinski definition) is 1. The van der Waals surface area contributed by atoms with E-state index in [0.717, 1.165) is 22.4 Å². The predicted octanol–water partition coefficient (Wildman–Crippen LogP) is 5.38. The molecule has 0 fully saturated rings. The van der Waals surface area contributed by atoms with E-state index in [4.69, 9.17) is 23.2 Å². The zero-order valence-electron chi connectivity index (χ0n) is 14.2. The number of carbonyl (C=O) groups excluding carboxylic acids is 1. The molecule has 0 aliphatic heterocycles. The fourth-order valence-electron chi connectivity index (χ4n) is 2.93. The number of amides is 1. The van der Waals surface area contributed by atoms with Crippen LogP contribution in [0.2, 0.25) is 10.0 Å². The van der Waals surface area contributed by atoms with Crippen molar-refractivity contribution < 1.29 is 4.79 Å². The number of aromatic nitrogens is 2. The van der Waals surface area contributed by atoms with Crippen LogP contribution >= 0.6 is 34.5 Å². The van der Waals surface area contributed by atoms with Gasteiger partial charge in [0.2, 0.25) is 0 Å². The van der Waals surface area contributed by atoms with Crippen molar-refractivity contribution in [2.75, 3.05) is 0 Å². The minimum Gasteiger partial charge on any atom is -0.344 e. The molecule has 1 amide bonds. The zero-order valence-corrected chi connectivity index (χ0v) is 16.5. The van der Waals surface area contributed by atoms with Gasteiger partial charge in [-0.3, -0.25) is 4.79 Å². The standard InChI is InChI=1S/C20H15Cl2N3OS/c21-14-5-3-6-15(22)13(14)12-25-17-8-2-1-7-16(17)24-19(25)11-23-20(26)18-9-4-10-27-18/h1-10H,11-12H2,(H,23,26). The Labute approximate surface area is 170 Å². The van der Waals surface area contributed by atoms with Crippen LogP contribution in [0.1, 0.15) is 21.1 Å². The van der Waals surface area contributed by atoms with Crippen molar-refractivity contribution in [1.82, 2.24) is 14.9 Å². The molecule has 2 aromatic carbocycles. The molecule has 0 spiro atoms. The number of rotatable bonds is 5. The Morgan fingerprint density at radius 3 is 2.56 bits per heavy atom. The average molecular weight is 416 g/mol. The summed E-state index contributed by atoms with van der Waals surface area (Å²) in [5.41, 5.74) is 2.66. The largest absolute Gasteiger partial charge is 0.344 e. The summed E-state index contributed by atoms with van der Waals surface area (Å²) in [6.07, 6.45) is 0. The van der Waals surface area contributed by atoms with E-state index >= 15 is 0 Å². The minimum atomic E-state index is -0.112. The molecule has 4 aromatic rings. The molecule has 0 unspecified atom stereocenters. The lowest BCUT2D eigenvalue weighted by molar-refractivity contribution is 0.0953. The first kappa shape index (κ1) is 18.0. The summed E-state index contributed by atoms with van der Waals surface area (Å²) in [6, 6.07) is 17.0. The predicted molar refractivity (Wildman–Crippen MR) is 111 cm³/mol. The van der Waals surface area contributed by atoms with E-state index in [-0.39, 0.29) is 5.91 Å². The molecule has 0 bridgehead atoms. The Balaban J connectivity index is 1.68. The third-order valence-corrected chi connectivity index (χ3v) is 5.84. The highest BCUT2D eigenvalue weighted by Gasteiger charge is 2.15. The van der Waals surface area contributed by atoms with Crippen LogP contribution in [0.15, 0.2) is 60.0 Å². The number of para-hydroxylation sites is 2. The van der Waals surface area contributed by atoms with Crippen LogP contribution in [0.5, 0.6) is 0 Å². The van der Waals surface area contributed by atoms with Gasteiger partial charge in [0, 0.05) is 15.6 Å². The maximum absolute atomic E-state index is 12.3. The number of benzene rings is 2. The Kier molecular flexibility index (Phi) is 5.16. The Bertz CT molecular complexity index is 1090. The highest BCUT2D eigenvalue weighted by atomic mass is 35.5. The maximum Gasteiger partial charge on any atom is 0.261 e. The summed E-state index contributed by atoms with van der Waals surface area (Å²) in [7, 11) is 0. The van der Waals surface area contributed by atoms with E-state index in [1.165, 1.54) is 11.3 Å². The molecule has 4 rings (SSSR count). The fourth-order valence-corrected chi connectivity index (χ4v) is 4.09. The highest BCUT2D eigenvalue weighted by molar-refractivity contribution is 7.12. The SMILES string of the molecule is O=C(NCc1nc2ccccc2n1Cc1c(Cl)cccc1Cl)c1cccs1. The molecule has 2 aromatic heterocycles. The molecular weight excluding hydrogens is 401 g/mol. The van der Waals surface area contributed by atoms with Crippen molar-refractivity contribution in [3.63, 3.8) is 0 Å². The van der Waals surface area contributed by atoms with Crippen LogP contribution in [0.3, 0.4) is 0 Å². The molecular formula is C20H15Cl2N3OS. The quantitative estimate of drug-likeness (QED) is 0.475. The third kappa shape index (κ3) is 3.72. The summed E-state index contributed by atoms with van der Waals surface area (Å²) in [5, 5.41) is 6.03. The third-order valence-electron chi connectivity index (χ3n) is 4.26. The van der Waals surface area contributed by atoms with Gasteiger partial charge in [-0.05, 0) is 35.7 Å². The molecule has 27 heavy (non-hydrogen) atoms. The molecule has 0 saturated carbocycles. The number of imidazole rings is 1. The summed E-state index contributed by atoms with van der Waals surface area (Å²) >= 11 is 14.1. The van der Waals surface area contributed by atoms with Crippen LogP contribution in [0, 0.1) is 0 Å². The lowest BCUT2D eigenvalue weighted by atomic mass is 10.2. The molecule has 4 nitrogen and oxygen atoms in total. The summed E-state index contributed by atoms with van der Waals surface area (Å²) in [4.78, 5) is 17.7. The molecule has 136 valence electrons. The van der Waals surface area contributed by atoms with Crippen LogP contribution in [-0.4, -0.2) is 15.5 Å². The topological polar surface area (TPSA) is 46.9 Å². The van der Waals surface area contributed by atoms with Crippen LogP contribution in [0.4, 0.5) is 0 Å². The molecule has 0 radical (unpaired) electrons. The van der Waals surface area contributed by atoms with E-state index in [1.54, 1.807) is 6.07 Å². The van der Waals surface area contributed by atoms with Crippen molar-refractivity contribution in [3.05, 3.63) is 86.3 Å². The van der Waals surface area contributed by atoms with Gasteiger partial charge in [0.05, 0.1) is 29.0 Å². The van der Waals surface area contributed by atoms with Crippen molar-refractivity contribution in [2.24, 2.45) is 0 Å². The average Bonchev–Trinajstić information content (AvgIpc) is 3.31. The maximum atomic E-state index is 12.3. The number of carbonyl (C=O) groups is 1. The van der Waals surface area contributed by atoms with Gasteiger partial charge in [-0.15, -0.1) is 11.3 Å². The monoisotopic (exact) mass is 415 g/mol. The van der Waals surface area contributed by atoms with Crippen LogP contribution in [-0.2, 0) is 13.1 Å². The highest BCUT2D eigenvalue weighted by Crippen LogP contribution is 2.27. The molecule has 1 N–H and O–H groups in total. The molecule has 7 heteroatoms. The van der Waals surface area contributed by atoms with Crippen molar-refractivity contribution in [3.8, 4) is 0 Å². The van der Waals surface area contributed by atoms with Crippen LogP contribution < -0.4 is 5.32 Å². The van der Waals surface area contributed by atoms with Crippen molar-refractivity contribution in [2.45, 2.75) is 13.1 Å². The first-order valence-electron chi connectivity index (χ1n) is 8.32.